The van der Waals surface area contributed by atoms with E-state index in [9.17, 15) is 4.57 Å². The van der Waals surface area contributed by atoms with Crippen LogP contribution in [0.15, 0.2) is 18.2 Å². The van der Waals surface area contributed by atoms with Crippen molar-refractivity contribution in [3.05, 3.63) is 23.8 Å². The van der Waals surface area contributed by atoms with Crippen LogP contribution in [0.3, 0.4) is 0 Å². The summed E-state index contributed by atoms with van der Waals surface area (Å²) in [6.45, 7) is 6.32. The van der Waals surface area contributed by atoms with Crippen LogP contribution in [-0.4, -0.2) is 0 Å². The molecule has 0 saturated heterocycles. The Kier molecular flexibility index (Phi) is 3.62. The molecule has 2 N–H and O–H groups in total. The van der Waals surface area contributed by atoms with Gasteiger partial charge in [0.2, 0.25) is 0 Å². The summed E-state index contributed by atoms with van der Waals surface area (Å²) in [5.74, 6) is 2.68. The maximum absolute atomic E-state index is 10.1. The molecule has 0 fully saturated rings. The molecule has 0 spiro atoms. The van der Waals surface area contributed by atoms with Gasteiger partial charge in [-0.2, -0.15) is 0 Å². The zero-order valence-electron chi connectivity index (χ0n) is 9.07. The third kappa shape index (κ3) is 3.16. The quantitative estimate of drug-likeness (QED) is 0.587. The molecule has 0 saturated carbocycles. The number of benzene rings is 1. The molecule has 1 rings (SSSR count). The Bertz CT molecular complexity index is 457. The molecule has 3 nitrogen and oxygen atoms in total. The van der Waals surface area contributed by atoms with Crippen molar-refractivity contribution in [3.63, 3.8) is 0 Å². The fraction of sp³-hybridized carbons (Fsp3) is 0.364. The van der Waals surface area contributed by atoms with Crippen LogP contribution in [0.4, 0.5) is 5.69 Å². The molecule has 15 heavy (non-hydrogen) atoms. The molecular weight excluding hydrogens is 209 g/mol. The van der Waals surface area contributed by atoms with E-state index in [1.54, 1.807) is 6.07 Å². The zero-order valence-corrected chi connectivity index (χ0v) is 9.97. The number of hydrogen-bond donors (Lipinski definition) is 1. The molecule has 0 aliphatic rings. The summed E-state index contributed by atoms with van der Waals surface area (Å²) >= 11 is 0. The van der Waals surface area contributed by atoms with E-state index in [1.165, 1.54) is 0 Å². The predicted molar refractivity (Wildman–Crippen MR) is 61.7 cm³/mol. The summed E-state index contributed by atoms with van der Waals surface area (Å²) in [5.41, 5.74) is 7.50. The van der Waals surface area contributed by atoms with Gasteiger partial charge in [-0.15, -0.1) is 0 Å². The topological polar surface area (TPSA) is 52.3 Å². The second kappa shape index (κ2) is 4.57. The molecule has 0 unspecified atom stereocenters. The molecule has 0 radical (unpaired) electrons. The van der Waals surface area contributed by atoms with E-state index in [0.717, 1.165) is 5.56 Å². The van der Waals surface area contributed by atoms with E-state index in [4.69, 9.17) is 10.5 Å². The van der Waals surface area contributed by atoms with Gasteiger partial charge in [0, 0.05) is 0 Å². The molecule has 80 valence electrons. The second-order valence-corrected chi connectivity index (χ2v) is 4.65. The van der Waals surface area contributed by atoms with E-state index in [1.807, 2.05) is 12.1 Å². The fourth-order valence-electron chi connectivity index (χ4n) is 1.18. The summed E-state index contributed by atoms with van der Waals surface area (Å²) in [4.78, 5) is 0. The first-order valence-corrected chi connectivity index (χ1v) is 5.40. The van der Waals surface area contributed by atoms with Crippen LogP contribution in [-0.2, 0) is 9.98 Å². The Labute approximate surface area is 90.7 Å². The Morgan fingerprint density at radius 1 is 1.40 bits per heavy atom. The molecule has 0 heterocycles. The van der Waals surface area contributed by atoms with E-state index >= 15 is 0 Å². The first-order chi connectivity index (χ1) is 6.95. The molecular formula is C11H14NO2P. The normalized spacial score (nSPS) is 10.6. The summed E-state index contributed by atoms with van der Waals surface area (Å²) in [6, 6.07) is 5.56. The predicted octanol–water partition coefficient (Wildman–Crippen LogP) is 3.15. The van der Waals surface area contributed by atoms with Gasteiger partial charge >= 0.3 is 90.1 Å². The Morgan fingerprint density at radius 3 is 2.53 bits per heavy atom. The van der Waals surface area contributed by atoms with Crippen molar-refractivity contribution in [3.8, 4) is 11.6 Å². The average Bonchev–Trinajstić information content (AvgIpc) is 2.14. The summed E-state index contributed by atoms with van der Waals surface area (Å²) in [7, 11) is -0.287. The van der Waals surface area contributed by atoms with Gasteiger partial charge in [0.05, 0.1) is 0 Å². The van der Waals surface area contributed by atoms with Crippen molar-refractivity contribution in [2.24, 2.45) is 0 Å². The van der Waals surface area contributed by atoms with Crippen molar-refractivity contribution in [2.45, 2.75) is 26.2 Å². The molecule has 0 amide bonds. The number of nitrogen functional groups attached to an aromatic ring is 1. The fourth-order valence-corrected chi connectivity index (χ4v) is 1.31. The number of hydrogen-bond acceptors (Lipinski definition) is 3. The van der Waals surface area contributed by atoms with Gasteiger partial charge in [-0.1, -0.05) is 0 Å². The van der Waals surface area contributed by atoms with Crippen LogP contribution in [0.2, 0.25) is 0 Å². The molecule has 4 heteroatoms. The Hall–Kier alpha value is -1.17. The van der Waals surface area contributed by atoms with Gasteiger partial charge in [-0.3, -0.25) is 0 Å². The molecule has 0 aliphatic heterocycles. The van der Waals surface area contributed by atoms with Crippen LogP contribution < -0.4 is 10.5 Å². The van der Waals surface area contributed by atoms with Crippen LogP contribution in [0.1, 0.15) is 26.3 Å². The van der Waals surface area contributed by atoms with Crippen molar-refractivity contribution in [1.29, 1.82) is 0 Å². The summed E-state index contributed by atoms with van der Waals surface area (Å²) in [5, 5.41) is 0. The summed E-state index contributed by atoms with van der Waals surface area (Å²) < 4.78 is 15.1. The number of anilines is 1. The van der Waals surface area contributed by atoms with E-state index in [0.29, 0.717) is 11.4 Å². The first kappa shape index (κ1) is 11.9. The van der Waals surface area contributed by atoms with Crippen LogP contribution >= 0.6 is 7.92 Å². The van der Waals surface area contributed by atoms with Crippen LogP contribution in [0.25, 0.3) is 0 Å². The molecule has 0 bridgehead atoms. The molecule has 1 aromatic carbocycles. The van der Waals surface area contributed by atoms with Gasteiger partial charge in [0.1, 0.15) is 0 Å². The average molecular weight is 223 g/mol. The Balaban J connectivity index is 3.06. The van der Waals surface area contributed by atoms with E-state index in [2.05, 4.69) is 26.6 Å². The molecule has 0 aromatic heterocycles. The second-order valence-electron chi connectivity index (χ2n) is 4.29. The molecule has 1 aromatic rings. The van der Waals surface area contributed by atoms with Gasteiger partial charge in [-0.25, -0.2) is 0 Å². The Morgan fingerprint density at radius 2 is 2.07 bits per heavy atom. The SMILES string of the molecule is CC(C)(C)c1ccc(OC#P=O)c(N)c1. The van der Waals surface area contributed by atoms with Crippen LogP contribution in [0, 0.1) is 5.81 Å². The zero-order chi connectivity index (χ0) is 11.5. The van der Waals surface area contributed by atoms with Gasteiger partial charge in [-0.05, 0) is 0 Å². The standard InChI is InChI=1S/C11H14NO2P/c1-11(2,3)8-4-5-10(9(12)6-8)14-7-15-13/h4-6H,12H2,1-3H3. The molecule has 0 atom stereocenters. The van der Waals surface area contributed by atoms with E-state index < -0.39 is 0 Å². The number of rotatable bonds is 1. The first-order valence-electron chi connectivity index (χ1n) is 4.59. The van der Waals surface area contributed by atoms with Crippen molar-refractivity contribution < 1.29 is 9.30 Å². The third-order valence-electron chi connectivity index (χ3n) is 2.07. The summed E-state index contributed by atoms with van der Waals surface area (Å²) in [6.07, 6.45) is 0. The van der Waals surface area contributed by atoms with Crippen molar-refractivity contribution in [2.75, 3.05) is 5.73 Å². The van der Waals surface area contributed by atoms with Gasteiger partial charge < -0.3 is 0 Å². The van der Waals surface area contributed by atoms with Crippen molar-refractivity contribution in [1.82, 2.24) is 0 Å². The molecule has 0 aliphatic carbocycles. The van der Waals surface area contributed by atoms with E-state index in [-0.39, 0.29) is 13.3 Å². The van der Waals surface area contributed by atoms with Gasteiger partial charge in [0.15, 0.2) is 0 Å². The maximum atomic E-state index is 10.1. The minimum atomic E-state index is -0.287. The number of nitrogens with two attached hydrogens (primary N) is 1. The van der Waals surface area contributed by atoms with Gasteiger partial charge in [0.25, 0.3) is 0 Å². The monoisotopic (exact) mass is 223 g/mol. The van der Waals surface area contributed by atoms with Crippen LogP contribution in [0.5, 0.6) is 5.75 Å². The minimum absolute atomic E-state index is 0.0524. The third-order valence-corrected chi connectivity index (χ3v) is 2.23. The number of ether oxygens (including phenoxy) is 1. The van der Waals surface area contributed by atoms with Crippen molar-refractivity contribution >= 4 is 13.6 Å².